The molecule has 0 saturated carbocycles. The van der Waals surface area contributed by atoms with Crippen molar-refractivity contribution in [2.45, 2.75) is 0 Å². The van der Waals surface area contributed by atoms with E-state index >= 15 is 0 Å². The first-order valence-electron chi connectivity index (χ1n) is 4.52. The van der Waals surface area contributed by atoms with E-state index in [2.05, 4.69) is 15.9 Å². The van der Waals surface area contributed by atoms with Crippen LogP contribution in [0.4, 0.5) is 8.78 Å². The molecule has 0 aromatic heterocycles. The van der Waals surface area contributed by atoms with Gasteiger partial charge in [0.15, 0.2) is 11.6 Å². The van der Waals surface area contributed by atoms with Gasteiger partial charge >= 0.3 is 0 Å². The van der Waals surface area contributed by atoms with Gasteiger partial charge in [-0.15, -0.1) is 0 Å². The number of phenols is 1. The molecular formula is C12H7BrF2O. The third kappa shape index (κ3) is 2.07. The molecule has 16 heavy (non-hydrogen) atoms. The predicted molar refractivity (Wildman–Crippen MR) is 61.2 cm³/mol. The number of rotatable bonds is 1. The largest absolute Gasteiger partial charge is 0.507 e. The van der Waals surface area contributed by atoms with E-state index < -0.39 is 11.6 Å². The summed E-state index contributed by atoms with van der Waals surface area (Å²) >= 11 is 3.16. The fraction of sp³-hybridized carbons (Fsp3) is 0. The van der Waals surface area contributed by atoms with Gasteiger partial charge < -0.3 is 5.11 Å². The highest BCUT2D eigenvalue weighted by Gasteiger charge is 2.06. The van der Waals surface area contributed by atoms with Gasteiger partial charge in [-0.25, -0.2) is 8.78 Å². The van der Waals surface area contributed by atoms with Crippen LogP contribution in [0.1, 0.15) is 0 Å². The van der Waals surface area contributed by atoms with E-state index in [4.69, 9.17) is 0 Å². The number of hydrogen-bond acceptors (Lipinski definition) is 1. The summed E-state index contributed by atoms with van der Waals surface area (Å²) in [6, 6.07) is 8.44. The monoisotopic (exact) mass is 284 g/mol. The molecule has 2 aromatic carbocycles. The minimum Gasteiger partial charge on any atom is -0.507 e. The lowest BCUT2D eigenvalue weighted by molar-refractivity contribution is 0.472. The van der Waals surface area contributed by atoms with Crippen molar-refractivity contribution in [2.24, 2.45) is 0 Å². The number of aromatic hydroxyl groups is 1. The minimum absolute atomic E-state index is 0.103. The molecule has 0 fully saturated rings. The molecule has 2 aromatic rings. The van der Waals surface area contributed by atoms with Gasteiger partial charge in [0.25, 0.3) is 0 Å². The van der Waals surface area contributed by atoms with Crippen molar-refractivity contribution in [2.75, 3.05) is 0 Å². The van der Waals surface area contributed by atoms with E-state index in [1.165, 1.54) is 12.1 Å². The van der Waals surface area contributed by atoms with Gasteiger partial charge in [0.1, 0.15) is 5.75 Å². The smallest absolute Gasteiger partial charge is 0.159 e. The average Bonchev–Trinajstić information content (AvgIpc) is 2.26. The Bertz CT molecular complexity index is 491. The van der Waals surface area contributed by atoms with Gasteiger partial charge in [-0.3, -0.25) is 0 Å². The normalized spacial score (nSPS) is 10.4. The third-order valence-corrected chi connectivity index (χ3v) is 2.84. The predicted octanol–water partition coefficient (Wildman–Crippen LogP) is 4.10. The molecule has 0 aliphatic rings. The second kappa shape index (κ2) is 4.22. The first-order chi connectivity index (χ1) is 7.58. The maximum absolute atomic E-state index is 13.0. The molecule has 0 radical (unpaired) electrons. The molecule has 0 bridgehead atoms. The molecule has 2 rings (SSSR count). The van der Waals surface area contributed by atoms with Gasteiger partial charge in [-0.2, -0.15) is 0 Å². The molecular weight excluding hydrogens is 278 g/mol. The van der Waals surface area contributed by atoms with Gasteiger partial charge in [-0.05, 0) is 51.3 Å². The molecule has 0 spiro atoms. The van der Waals surface area contributed by atoms with Crippen LogP contribution < -0.4 is 0 Å². The SMILES string of the molecule is Oc1ccc(-c2ccc(F)c(F)c2)cc1Br. The Morgan fingerprint density at radius 3 is 2.12 bits per heavy atom. The van der Waals surface area contributed by atoms with Crippen molar-refractivity contribution in [3.05, 3.63) is 52.5 Å². The molecule has 0 heterocycles. The second-order valence-electron chi connectivity index (χ2n) is 3.30. The maximum atomic E-state index is 13.0. The van der Waals surface area contributed by atoms with Crippen LogP contribution in [0, 0.1) is 11.6 Å². The molecule has 82 valence electrons. The highest BCUT2D eigenvalue weighted by Crippen LogP contribution is 2.30. The summed E-state index contributed by atoms with van der Waals surface area (Å²) in [5.74, 6) is -1.66. The van der Waals surface area contributed by atoms with Crippen LogP contribution in [0.2, 0.25) is 0 Å². The van der Waals surface area contributed by atoms with Crippen molar-refractivity contribution in [1.82, 2.24) is 0 Å². The number of benzene rings is 2. The van der Waals surface area contributed by atoms with E-state index in [1.54, 1.807) is 12.1 Å². The van der Waals surface area contributed by atoms with E-state index in [0.29, 0.717) is 15.6 Å². The lowest BCUT2D eigenvalue weighted by atomic mass is 10.1. The van der Waals surface area contributed by atoms with Gasteiger partial charge in [-0.1, -0.05) is 12.1 Å². The zero-order valence-corrected chi connectivity index (χ0v) is 9.63. The summed E-state index contributed by atoms with van der Waals surface area (Å²) in [6.07, 6.45) is 0. The number of hydrogen-bond donors (Lipinski definition) is 1. The summed E-state index contributed by atoms with van der Waals surface area (Å²) in [5.41, 5.74) is 1.25. The van der Waals surface area contributed by atoms with E-state index in [1.807, 2.05) is 0 Å². The van der Waals surface area contributed by atoms with Crippen LogP contribution in [0.25, 0.3) is 11.1 Å². The minimum atomic E-state index is -0.887. The Morgan fingerprint density at radius 2 is 1.50 bits per heavy atom. The fourth-order valence-corrected chi connectivity index (χ4v) is 1.74. The van der Waals surface area contributed by atoms with Gasteiger partial charge in [0.05, 0.1) is 4.47 Å². The zero-order chi connectivity index (χ0) is 11.7. The van der Waals surface area contributed by atoms with Crippen LogP contribution in [0.15, 0.2) is 40.9 Å². The molecule has 1 N–H and O–H groups in total. The second-order valence-corrected chi connectivity index (χ2v) is 4.15. The highest BCUT2D eigenvalue weighted by molar-refractivity contribution is 9.10. The fourth-order valence-electron chi connectivity index (χ4n) is 1.36. The zero-order valence-electron chi connectivity index (χ0n) is 8.05. The summed E-state index contributed by atoms with van der Waals surface area (Å²) in [5, 5.41) is 9.31. The Hall–Kier alpha value is -1.42. The summed E-state index contributed by atoms with van der Waals surface area (Å²) in [7, 11) is 0. The van der Waals surface area contributed by atoms with E-state index in [9.17, 15) is 13.9 Å². The Kier molecular flexibility index (Phi) is 2.92. The molecule has 1 nitrogen and oxygen atoms in total. The number of halogens is 3. The van der Waals surface area contributed by atoms with Crippen molar-refractivity contribution < 1.29 is 13.9 Å². The van der Waals surface area contributed by atoms with E-state index in [-0.39, 0.29) is 5.75 Å². The maximum Gasteiger partial charge on any atom is 0.159 e. The highest BCUT2D eigenvalue weighted by atomic mass is 79.9. The summed E-state index contributed by atoms with van der Waals surface area (Å²) in [4.78, 5) is 0. The summed E-state index contributed by atoms with van der Waals surface area (Å²) < 4.78 is 26.3. The molecule has 0 atom stereocenters. The standard InChI is InChI=1S/C12H7BrF2O/c13-9-5-7(2-4-12(9)16)8-1-3-10(14)11(15)6-8/h1-6,16H. The lowest BCUT2D eigenvalue weighted by Gasteiger charge is -2.04. The van der Waals surface area contributed by atoms with Crippen molar-refractivity contribution in [3.63, 3.8) is 0 Å². The Balaban J connectivity index is 2.50. The first kappa shape index (κ1) is 11.1. The average molecular weight is 285 g/mol. The summed E-state index contributed by atoms with van der Waals surface area (Å²) in [6.45, 7) is 0. The van der Waals surface area contributed by atoms with E-state index in [0.717, 1.165) is 12.1 Å². The lowest BCUT2D eigenvalue weighted by Crippen LogP contribution is -1.85. The Morgan fingerprint density at radius 1 is 0.875 bits per heavy atom. The van der Waals surface area contributed by atoms with Crippen molar-refractivity contribution >= 4 is 15.9 Å². The quantitative estimate of drug-likeness (QED) is 0.836. The van der Waals surface area contributed by atoms with Crippen molar-refractivity contribution in [3.8, 4) is 16.9 Å². The van der Waals surface area contributed by atoms with Crippen LogP contribution in [-0.4, -0.2) is 5.11 Å². The molecule has 4 heteroatoms. The molecule has 0 aliphatic carbocycles. The van der Waals surface area contributed by atoms with Crippen LogP contribution in [-0.2, 0) is 0 Å². The molecule has 0 saturated heterocycles. The molecule has 0 aliphatic heterocycles. The first-order valence-corrected chi connectivity index (χ1v) is 5.31. The van der Waals surface area contributed by atoms with Crippen molar-refractivity contribution in [1.29, 1.82) is 0 Å². The number of phenolic OH excluding ortho intramolecular Hbond substituents is 1. The van der Waals surface area contributed by atoms with Crippen LogP contribution in [0.3, 0.4) is 0 Å². The molecule has 0 amide bonds. The third-order valence-electron chi connectivity index (χ3n) is 2.20. The van der Waals surface area contributed by atoms with Crippen LogP contribution >= 0.6 is 15.9 Å². The molecule has 0 unspecified atom stereocenters. The Labute approximate surface area is 99.5 Å². The topological polar surface area (TPSA) is 20.2 Å². The van der Waals surface area contributed by atoms with Gasteiger partial charge in [0.2, 0.25) is 0 Å². The van der Waals surface area contributed by atoms with Gasteiger partial charge in [0, 0.05) is 0 Å². The van der Waals surface area contributed by atoms with Crippen LogP contribution in [0.5, 0.6) is 5.75 Å².